The molecule has 106 valence electrons. The summed E-state index contributed by atoms with van der Waals surface area (Å²) in [6.07, 6.45) is 20.5. The predicted octanol–water partition coefficient (Wildman–Crippen LogP) is 5.64. The number of ether oxygens (including phenoxy) is 1. The number of unbranched alkanes of at least 4 members (excludes halogenated alkanes) is 7. The van der Waals surface area contributed by atoms with Crippen molar-refractivity contribution in [1.29, 1.82) is 0 Å². The standard InChI is InChI=1S/C17H32O/c1-3-5-7-8-9-10-11-13-15-17-16(18-17)14-12-6-4-2/h11,13,16-17H,3-10,12,14-15H2,1-2H3/b13-11-/t16-,17-/m1/s1. The van der Waals surface area contributed by atoms with Crippen molar-refractivity contribution in [3.05, 3.63) is 12.2 Å². The smallest absolute Gasteiger partial charge is 0.0876 e. The van der Waals surface area contributed by atoms with Crippen LogP contribution < -0.4 is 0 Å². The van der Waals surface area contributed by atoms with Crippen LogP contribution in [-0.2, 0) is 4.74 Å². The second kappa shape index (κ2) is 10.6. The average Bonchev–Trinajstić information content (AvgIpc) is 3.12. The summed E-state index contributed by atoms with van der Waals surface area (Å²) in [7, 11) is 0. The third-order valence-electron chi connectivity index (χ3n) is 3.79. The molecular weight excluding hydrogens is 220 g/mol. The normalized spacial score (nSPS) is 22.8. The van der Waals surface area contributed by atoms with Gasteiger partial charge in [-0.15, -0.1) is 0 Å². The molecule has 0 aliphatic carbocycles. The van der Waals surface area contributed by atoms with Gasteiger partial charge in [-0.3, -0.25) is 0 Å². The Labute approximate surface area is 114 Å². The van der Waals surface area contributed by atoms with Gasteiger partial charge in [0.2, 0.25) is 0 Å². The van der Waals surface area contributed by atoms with Crippen LogP contribution in [0.15, 0.2) is 12.2 Å². The van der Waals surface area contributed by atoms with Gasteiger partial charge in [-0.1, -0.05) is 70.9 Å². The largest absolute Gasteiger partial charge is 0.369 e. The van der Waals surface area contributed by atoms with Crippen LogP contribution in [-0.4, -0.2) is 12.2 Å². The summed E-state index contributed by atoms with van der Waals surface area (Å²) in [5, 5.41) is 0. The molecule has 0 bridgehead atoms. The Hall–Kier alpha value is -0.300. The molecule has 1 saturated heterocycles. The SMILES string of the molecule is CCCCCCC/C=C\C[C@H]1O[C@@H]1CCCCC. The lowest BCUT2D eigenvalue weighted by Crippen LogP contribution is -1.92. The van der Waals surface area contributed by atoms with E-state index in [0.717, 1.165) is 6.42 Å². The van der Waals surface area contributed by atoms with E-state index in [1.165, 1.54) is 64.2 Å². The lowest BCUT2D eigenvalue weighted by Gasteiger charge is -1.96. The summed E-state index contributed by atoms with van der Waals surface area (Å²) < 4.78 is 5.67. The molecule has 1 heteroatoms. The number of hydrogen-bond donors (Lipinski definition) is 0. The first kappa shape index (κ1) is 15.8. The summed E-state index contributed by atoms with van der Waals surface area (Å²) in [4.78, 5) is 0. The minimum Gasteiger partial charge on any atom is -0.369 e. The van der Waals surface area contributed by atoms with E-state index in [2.05, 4.69) is 26.0 Å². The Morgan fingerprint density at radius 1 is 0.778 bits per heavy atom. The van der Waals surface area contributed by atoms with E-state index in [1.807, 2.05) is 0 Å². The highest BCUT2D eigenvalue weighted by Gasteiger charge is 2.36. The van der Waals surface area contributed by atoms with Gasteiger partial charge in [0.1, 0.15) is 0 Å². The molecule has 0 unspecified atom stereocenters. The molecule has 0 radical (unpaired) electrons. The average molecular weight is 252 g/mol. The van der Waals surface area contributed by atoms with E-state index in [4.69, 9.17) is 4.74 Å². The summed E-state index contributed by atoms with van der Waals surface area (Å²) in [6, 6.07) is 0. The summed E-state index contributed by atoms with van der Waals surface area (Å²) >= 11 is 0. The molecule has 1 aliphatic heterocycles. The molecule has 0 aromatic rings. The molecule has 0 spiro atoms. The summed E-state index contributed by atoms with van der Waals surface area (Å²) in [5.74, 6) is 0. The molecule has 2 atom stereocenters. The van der Waals surface area contributed by atoms with Crippen molar-refractivity contribution in [2.75, 3.05) is 0 Å². The maximum Gasteiger partial charge on any atom is 0.0876 e. The minimum absolute atomic E-state index is 0.554. The van der Waals surface area contributed by atoms with Crippen LogP contribution in [0.2, 0.25) is 0 Å². The minimum atomic E-state index is 0.554. The molecular formula is C17H32O. The van der Waals surface area contributed by atoms with Gasteiger partial charge in [-0.05, 0) is 25.7 Å². The topological polar surface area (TPSA) is 12.5 Å². The van der Waals surface area contributed by atoms with Crippen molar-refractivity contribution >= 4 is 0 Å². The fraction of sp³-hybridized carbons (Fsp3) is 0.882. The highest BCUT2D eigenvalue weighted by Crippen LogP contribution is 2.30. The zero-order chi connectivity index (χ0) is 13.1. The maximum atomic E-state index is 5.67. The molecule has 0 aromatic carbocycles. The van der Waals surface area contributed by atoms with Crippen LogP contribution in [0.5, 0.6) is 0 Å². The highest BCUT2D eigenvalue weighted by molar-refractivity contribution is 4.93. The van der Waals surface area contributed by atoms with Gasteiger partial charge in [-0.2, -0.15) is 0 Å². The van der Waals surface area contributed by atoms with Gasteiger partial charge < -0.3 is 4.74 Å². The van der Waals surface area contributed by atoms with Crippen LogP contribution in [0.3, 0.4) is 0 Å². The van der Waals surface area contributed by atoms with Gasteiger partial charge in [0, 0.05) is 0 Å². The summed E-state index contributed by atoms with van der Waals surface area (Å²) in [5.41, 5.74) is 0. The number of allylic oxidation sites excluding steroid dienone is 1. The molecule has 0 N–H and O–H groups in total. The Morgan fingerprint density at radius 2 is 1.50 bits per heavy atom. The van der Waals surface area contributed by atoms with E-state index in [9.17, 15) is 0 Å². The van der Waals surface area contributed by atoms with Crippen molar-refractivity contribution in [3.63, 3.8) is 0 Å². The van der Waals surface area contributed by atoms with Crippen LogP contribution >= 0.6 is 0 Å². The van der Waals surface area contributed by atoms with Crippen molar-refractivity contribution < 1.29 is 4.74 Å². The lowest BCUT2D eigenvalue weighted by molar-refractivity contribution is 0.359. The zero-order valence-electron chi connectivity index (χ0n) is 12.5. The quantitative estimate of drug-likeness (QED) is 0.249. The number of rotatable bonds is 12. The van der Waals surface area contributed by atoms with E-state index in [1.54, 1.807) is 0 Å². The number of epoxide rings is 1. The predicted molar refractivity (Wildman–Crippen MR) is 79.9 cm³/mol. The van der Waals surface area contributed by atoms with Crippen molar-refractivity contribution in [2.45, 2.75) is 96.7 Å². The van der Waals surface area contributed by atoms with E-state index in [0.29, 0.717) is 12.2 Å². The Bertz CT molecular complexity index is 210. The second-order valence-electron chi connectivity index (χ2n) is 5.62. The van der Waals surface area contributed by atoms with E-state index >= 15 is 0 Å². The van der Waals surface area contributed by atoms with Crippen LogP contribution in [0.4, 0.5) is 0 Å². The third kappa shape index (κ3) is 7.92. The number of hydrogen-bond acceptors (Lipinski definition) is 1. The van der Waals surface area contributed by atoms with Gasteiger partial charge in [0.25, 0.3) is 0 Å². The van der Waals surface area contributed by atoms with Crippen molar-refractivity contribution in [3.8, 4) is 0 Å². The molecule has 1 rings (SSSR count). The Kier molecular flexibility index (Phi) is 9.28. The van der Waals surface area contributed by atoms with E-state index in [-0.39, 0.29) is 0 Å². The monoisotopic (exact) mass is 252 g/mol. The molecule has 1 fully saturated rings. The maximum absolute atomic E-state index is 5.67. The summed E-state index contributed by atoms with van der Waals surface area (Å²) in [6.45, 7) is 4.53. The molecule has 0 amide bonds. The first-order chi connectivity index (χ1) is 8.88. The van der Waals surface area contributed by atoms with Crippen LogP contribution in [0.1, 0.15) is 84.5 Å². The molecule has 0 saturated carbocycles. The third-order valence-corrected chi connectivity index (χ3v) is 3.79. The molecule has 1 heterocycles. The highest BCUT2D eigenvalue weighted by atomic mass is 16.6. The fourth-order valence-electron chi connectivity index (χ4n) is 2.45. The van der Waals surface area contributed by atoms with Gasteiger partial charge in [0.05, 0.1) is 12.2 Å². The van der Waals surface area contributed by atoms with Crippen molar-refractivity contribution in [1.82, 2.24) is 0 Å². The van der Waals surface area contributed by atoms with Crippen LogP contribution in [0, 0.1) is 0 Å². The lowest BCUT2D eigenvalue weighted by atomic mass is 10.1. The first-order valence-electron chi connectivity index (χ1n) is 8.19. The molecule has 18 heavy (non-hydrogen) atoms. The Balaban J connectivity index is 1.83. The van der Waals surface area contributed by atoms with Crippen molar-refractivity contribution in [2.24, 2.45) is 0 Å². The molecule has 0 aromatic heterocycles. The zero-order valence-corrected chi connectivity index (χ0v) is 12.5. The molecule has 1 aliphatic rings. The second-order valence-corrected chi connectivity index (χ2v) is 5.62. The van der Waals surface area contributed by atoms with Gasteiger partial charge in [-0.25, -0.2) is 0 Å². The molecule has 1 nitrogen and oxygen atoms in total. The Morgan fingerprint density at radius 3 is 2.28 bits per heavy atom. The van der Waals surface area contributed by atoms with Gasteiger partial charge >= 0.3 is 0 Å². The fourth-order valence-corrected chi connectivity index (χ4v) is 2.45. The van der Waals surface area contributed by atoms with Gasteiger partial charge in [0.15, 0.2) is 0 Å². The van der Waals surface area contributed by atoms with E-state index < -0.39 is 0 Å². The van der Waals surface area contributed by atoms with Crippen LogP contribution in [0.25, 0.3) is 0 Å². The first-order valence-corrected chi connectivity index (χ1v) is 8.19.